The van der Waals surface area contributed by atoms with Crippen molar-refractivity contribution in [3.8, 4) is 0 Å². The number of hydrogen-bond acceptors (Lipinski definition) is 5. The molecule has 0 aromatic carbocycles. The number of rotatable bonds is 12. The molecule has 114 valence electrons. The van der Waals surface area contributed by atoms with Crippen molar-refractivity contribution in [3.63, 3.8) is 0 Å². The van der Waals surface area contributed by atoms with E-state index in [1.807, 2.05) is 13.8 Å². The number of aliphatic imine (C=N–C) groups is 1. The zero-order valence-electron chi connectivity index (χ0n) is 12.5. The maximum Gasteiger partial charge on any atom is 0.219 e. The molecule has 2 N–H and O–H groups in total. The molecule has 0 saturated heterocycles. The first kappa shape index (κ1) is 18.4. The molecule has 1 amide bonds. The zero-order chi connectivity index (χ0) is 15.2. The minimum Gasteiger partial charge on any atom is -0.356 e. The second-order valence-corrected chi connectivity index (χ2v) is 4.59. The van der Waals surface area contributed by atoms with Crippen molar-refractivity contribution >= 4 is 17.9 Å². The Hall–Kier alpha value is -1.59. The summed E-state index contributed by atoms with van der Waals surface area (Å²) in [5, 5.41) is 6.20. The molecule has 1 atom stereocenters. The normalized spacial score (nSPS) is 12.3. The Balaban J connectivity index is 3.72. The molecule has 0 heterocycles. The Morgan fingerprint density at radius 2 is 2.00 bits per heavy atom. The summed E-state index contributed by atoms with van der Waals surface area (Å²) in [6.45, 7) is 5.03. The number of nitrogens with zero attached hydrogens (tertiary/aromatic N) is 2. The molecule has 1 unspecified atom stereocenters. The van der Waals surface area contributed by atoms with Crippen LogP contribution in [0.15, 0.2) is 10.1 Å². The Morgan fingerprint density at radius 3 is 2.60 bits per heavy atom. The van der Waals surface area contributed by atoms with Crippen molar-refractivity contribution in [2.45, 2.75) is 58.4 Å². The van der Waals surface area contributed by atoms with Crippen LogP contribution in [0, 0.1) is 5.53 Å². The number of ketones is 1. The quantitative estimate of drug-likeness (QED) is 0.327. The van der Waals surface area contributed by atoms with Gasteiger partial charge in [-0.2, -0.15) is 5.11 Å². The number of unbranched alkanes of at least 4 members (excludes halogenated alkanes) is 1. The van der Waals surface area contributed by atoms with Crippen LogP contribution in [0.1, 0.15) is 52.4 Å². The predicted octanol–water partition coefficient (Wildman–Crippen LogP) is 2.52. The van der Waals surface area contributed by atoms with Gasteiger partial charge in [-0.3, -0.25) is 14.6 Å². The molecular weight excluding hydrogens is 256 g/mol. The van der Waals surface area contributed by atoms with Gasteiger partial charge < -0.3 is 5.32 Å². The largest absolute Gasteiger partial charge is 0.356 e. The van der Waals surface area contributed by atoms with E-state index < -0.39 is 0 Å². The lowest BCUT2D eigenvalue weighted by Gasteiger charge is -2.03. The van der Waals surface area contributed by atoms with E-state index in [1.54, 1.807) is 6.21 Å². The molecule has 0 aromatic rings. The van der Waals surface area contributed by atoms with E-state index in [9.17, 15) is 9.59 Å². The van der Waals surface area contributed by atoms with Crippen molar-refractivity contribution < 1.29 is 9.59 Å². The average molecular weight is 282 g/mol. The number of hydrogen-bond donors (Lipinski definition) is 2. The second kappa shape index (κ2) is 12.4. The fourth-order valence-electron chi connectivity index (χ4n) is 1.63. The lowest BCUT2D eigenvalue weighted by molar-refractivity contribution is -0.121. The highest BCUT2D eigenvalue weighted by molar-refractivity contribution is 5.78. The summed E-state index contributed by atoms with van der Waals surface area (Å²) < 4.78 is 0. The third kappa shape index (κ3) is 10.3. The van der Waals surface area contributed by atoms with E-state index in [0.717, 1.165) is 12.8 Å². The van der Waals surface area contributed by atoms with E-state index in [-0.39, 0.29) is 17.7 Å². The van der Waals surface area contributed by atoms with Crippen molar-refractivity contribution in [1.29, 1.82) is 5.53 Å². The SMILES string of the molecule is CCNC(=O)CCCCN=CC(CCC(=O)CC)N=N. The Kier molecular flexibility index (Phi) is 11.5. The van der Waals surface area contributed by atoms with Crippen LogP contribution in [0.25, 0.3) is 0 Å². The van der Waals surface area contributed by atoms with Gasteiger partial charge in [0.05, 0.1) is 0 Å². The smallest absolute Gasteiger partial charge is 0.219 e. The molecule has 6 heteroatoms. The number of nitrogens with one attached hydrogen (secondary N) is 2. The summed E-state index contributed by atoms with van der Waals surface area (Å²) in [6, 6.07) is -0.297. The Morgan fingerprint density at radius 1 is 1.25 bits per heavy atom. The molecule has 0 aliphatic carbocycles. The Labute approximate surface area is 120 Å². The summed E-state index contributed by atoms with van der Waals surface area (Å²) in [7, 11) is 0. The van der Waals surface area contributed by atoms with Crippen LogP contribution >= 0.6 is 0 Å². The average Bonchev–Trinajstić information content (AvgIpc) is 2.45. The topological polar surface area (TPSA) is 94.7 Å². The third-order valence-electron chi connectivity index (χ3n) is 2.87. The minimum absolute atomic E-state index is 0.0774. The van der Waals surface area contributed by atoms with Crippen LogP contribution in [0.3, 0.4) is 0 Å². The minimum atomic E-state index is -0.297. The van der Waals surface area contributed by atoms with E-state index in [1.165, 1.54) is 0 Å². The first-order valence-corrected chi connectivity index (χ1v) is 7.28. The van der Waals surface area contributed by atoms with Crippen LogP contribution in [-0.4, -0.2) is 37.0 Å². The molecule has 6 nitrogen and oxygen atoms in total. The Bertz CT molecular complexity index is 329. The van der Waals surface area contributed by atoms with Gasteiger partial charge in [0.15, 0.2) is 0 Å². The molecule has 0 rings (SSSR count). The highest BCUT2D eigenvalue weighted by atomic mass is 16.1. The van der Waals surface area contributed by atoms with Crippen LogP contribution in [0.5, 0.6) is 0 Å². The number of amides is 1. The lowest BCUT2D eigenvalue weighted by Crippen LogP contribution is -2.22. The fraction of sp³-hybridized carbons (Fsp3) is 0.786. The van der Waals surface area contributed by atoms with Crippen molar-refractivity contribution in [1.82, 2.24) is 5.32 Å². The molecule has 0 saturated carbocycles. The van der Waals surface area contributed by atoms with Crippen molar-refractivity contribution in [2.75, 3.05) is 13.1 Å². The van der Waals surface area contributed by atoms with Crippen LogP contribution in [0.2, 0.25) is 0 Å². The van der Waals surface area contributed by atoms with E-state index in [0.29, 0.717) is 38.8 Å². The van der Waals surface area contributed by atoms with E-state index in [2.05, 4.69) is 15.4 Å². The molecule has 0 radical (unpaired) electrons. The van der Waals surface area contributed by atoms with Gasteiger partial charge in [-0.05, 0) is 26.2 Å². The fourth-order valence-corrected chi connectivity index (χ4v) is 1.63. The van der Waals surface area contributed by atoms with Gasteiger partial charge in [-0.25, -0.2) is 5.53 Å². The molecule has 20 heavy (non-hydrogen) atoms. The summed E-state index contributed by atoms with van der Waals surface area (Å²) in [5.41, 5.74) is 7.05. The molecule has 0 fully saturated rings. The van der Waals surface area contributed by atoms with Gasteiger partial charge in [0.25, 0.3) is 0 Å². The molecular formula is C14H26N4O2. The van der Waals surface area contributed by atoms with Gasteiger partial charge in [-0.1, -0.05) is 6.92 Å². The molecule has 0 bridgehead atoms. The molecule has 0 spiro atoms. The van der Waals surface area contributed by atoms with Crippen LogP contribution in [0.4, 0.5) is 0 Å². The van der Waals surface area contributed by atoms with Gasteiger partial charge in [0.1, 0.15) is 11.8 Å². The predicted molar refractivity (Wildman–Crippen MR) is 79.4 cm³/mol. The summed E-state index contributed by atoms with van der Waals surface area (Å²) in [5.74, 6) is 0.266. The molecule has 0 aromatic heterocycles. The highest BCUT2D eigenvalue weighted by Crippen LogP contribution is 2.03. The van der Waals surface area contributed by atoms with Gasteiger partial charge in [-0.15, -0.1) is 0 Å². The van der Waals surface area contributed by atoms with E-state index >= 15 is 0 Å². The van der Waals surface area contributed by atoms with Crippen LogP contribution in [-0.2, 0) is 9.59 Å². The molecule has 0 aliphatic rings. The monoisotopic (exact) mass is 282 g/mol. The zero-order valence-corrected chi connectivity index (χ0v) is 12.5. The van der Waals surface area contributed by atoms with Crippen molar-refractivity contribution in [2.24, 2.45) is 10.1 Å². The molecule has 0 aliphatic heterocycles. The third-order valence-corrected chi connectivity index (χ3v) is 2.87. The lowest BCUT2D eigenvalue weighted by atomic mass is 10.1. The standard InChI is InChI=1S/C14H26N4O2/c1-3-13(19)9-8-12(18-15)11-16-10-6-5-7-14(20)17-4-2/h11-12,15H,3-10H2,1-2H3,(H,17,20). The number of Topliss-reactive ketones (excluding diaryl/α,β-unsaturated/α-hetero) is 1. The maximum absolute atomic E-state index is 11.2. The van der Waals surface area contributed by atoms with Crippen LogP contribution < -0.4 is 5.32 Å². The summed E-state index contributed by atoms with van der Waals surface area (Å²) in [4.78, 5) is 26.6. The van der Waals surface area contributed by atoms with Gasteiger partial charge in [0.2, 0.25) is 5.91 Å². The first-order valence-electron chi connectivity index (χ1n) is 7.28. The maximum atomic E-state index is 11.2. The summed E-state index contributed by atoms with van der Waals surface area (Å²) >= 11 is 0. The number of carbonyl (C=O) groups excluding carboxylic acids is 2. The van der Waals surface area contributed by atoms with Crippen molar-refractivity contribution in [3.05, 3.63) is 0 Å². The number of carbonyl (C=O) groups is 2. The van der Waals surface area contributed by atoms with Gasteiger partial charge in [0, 0.05) is 38.6 Å². The van der Waals surface area contributed by atoms with E-state index in [4.69, 9.17) is 5.53 Å². The first-order chi connectivity index (χ1) is 9.63. The second-order valence-electron chi connectivity index (χ2n) is 4.59. The summed E-state index contributed by atoms with van der Waals surface area (Å²) in [6.07, 6.45) is 5.35. The van der Waals surface area contributed by atoms with Gasteiger partial charge >= 0.3 is 0 Å². The highest BCUT2D eigenvalue weighted by Gasteiger charge is 2.06.